The monoisotopic (exact) mass is 288 g/mol. The second-order valence-corrected chi connectivity index (χ2v) is 4.77. The lowest BCUT2D eigenvalue weighted by Gasteiger charge is -2.09. The Hall–Kier alpha value is -2.07. The molecule has 0 bridgehead atoms. The minimum atomic E-state index is 0.674. The number of rotatable bonds is 6. The standard InChI is InChI=1S/C15H17ClN4/c1-3-8-17-14-9-15(20-11(2)19-14)18-10-12-4-6-13(16)7-5-12/h3-7,9H,1,8,10H2,2H3,(H2,17,18,19,20). The zero-order valence-electron chi connectivity index (χ0n) is 11.4. The molecule has 1 aromatic heterocycles. The Balaban J connectivity index is 2.03. The van der Waals surface area contributed by atoms with Gasteiger partial charge in [0, 0.05) is 24.2 Å². The average molecular weight is 289 g/mol. The third-order valence-corrected chi connectivity index (χ3v) is 2.90. The van der Waals surface area contributed by atoms with Crippen molar-refractivity contribution in [1.82, 2.24) is 9.97 Å². The van der Waals surface area contributed by atoms with E-state index in [1.807, 2.05) is 37.3 Å². The molecule has 0 amide bonds. The minimum absolute atomic E-state index is 0.674. The number of benzene rings is 1. The molecule has 0 aliphatic carbocycles. The van der Waals surface area contributed by atoms with Crippen LogP contribution in [0, 0.1) is 6.92 Å². The summed E-state index contributed by atoms with van der Waals surface area (Å²) in [6, 6.07) is 9.61. The Labute approximate surface area is 123 Å². The highest BCUT2D eigenvalue weighted by Gasteiger charge is 2.01. The van der Waals surface area contributed by atoms with Gasteiger partial charge in [-0.05, 0) is 24.6 Å². The normalized spacial score (nSPS) is 10.1. The lowest BCUT2D eigenvalue weighted by Crippen LogP contribution is -2.06. The van der Waals surface area contributed by atoms with Crippen LogP contribution >= 0.6 is 11.6 Å². The Bertz CT molecular complexity index is 581. The van der Waals surface area contributed by atoms with Gasteiger partial charge in [-0.3, -0.25) is 0 Å². The van der Waals surface area contributed by atoms with Crippen LogP contribution in [-0.2, 0) is 6.54 Å². The Morgan fingerprint density at radius 2 is 1.80 bits per heavy atom. The molecule has 20 heavy (non-hydrogen) atoms. The highest BCUT2D eigenvalue weighted by atomic mass is 35.5. The van der Waals surface area contributed by atoms with E-state index in [0.717, 1.165) is 28.0 Å². The van der Waals surface area contributed by atoms with E-state index in [4.69, 9.17) is 11.6 Å². The van der Waals surface area contributed by atoms with Gasteiger partial charge in [-0.2, -0.15) is 0 Å². The van der Waals surface area contributed by atoms with Gasteiger partial charge in [0.05, 0.1) is 0 Å². The van der Waals surface area contributed by atoms with Crippen molar-refractivity contribution in [2.24, 2.45) is 0 Å². The first kappa shape index (κ1) is 14.3. The smallest absolute Gasteiger partial charge is 0.132 e. The van der Waals surface area contributed by atoms with Crippen molar-refractivity contribution in [2.45, 2.75) is 13.5 Å². The molecule has 2 aromatic rings. The van der Waals surface area contributed by atoms with E-state index in [9.17, 15) is 0 Å². The molecule has 0 spiro atoms. The van der Waals surface area contributed by atoms with Crippen molar-refractivity contribution in [3.05, 3.63) is 59.4 Å². The maximum atomic E-state index is 5.86. The van der Waals surface area contributed by atoms with E-state index >= 15 is 0 Å². The summed E-state index contributed by atoms with van der Waals surface area (Å²) in [7, 11) is 0. The molecule has 1 heterocycles. The molecule has 0 aliphatic heterocycles. The van der Waals surface area contributed by atoms with Crippen LogP contribution in [-0.4, -0.2) is 16.5 Å². The predicted molar refractivity (Wildman–Crippen MR) is 84.2 cm³/mol. The molecular formula is C15H17ClN4. The molecule has 2 N–H and O–H groups in total. The maximum Gasteiger partial charge on any atom is 0.132 e. The molecule has 0 radical (unpaired) electrons. The fourth-order valence-electron chi connectivity index (χ4n) is 1.72. The molecule has 0 atom stereocenters. The number of aromatic nitrogens is 2. The number of hydrogen-bond acceptors (Lipinski definition) is 4. The van der Waals surface area contributed by atoms with Gasteiger partial charge in [-0.1, -0.05) is 29.8 Å². The summed E-state index contributed by atoms with van der Waals surface area (Å²) in [6.07, 6.45) is 1.79. The number of aryl methyl sites for hydroxylation is 1. The topological polar surface area (TPSA) is 49.8 Å². The third kappa shape index (κ3) is 4.24. The molecular weight excluding hydrogens is 272 g/mol. The van der Waals surface area contributed by atoms with Crippen molar-refractivity contribution >= 4 is 23.2 Å². The van der Waals surface area contributed by atoms with Crippen LogP contribution in [0.15, 0.2) is 43.0 Å². The number of anilines is 2. The van der Waals surface area contributed by atoms with Crippen molar-refractivity contribution < 1.29 is 0 Å². The van der Waals surface area contributed by atoms with E-state index in [2.05, 4.69) is 27.2 Å². The summed E-state index contributed by atoms with van der Waals surface area (Å²) >= 11 is 5.86. The van der Waals surface area contributed by atoms with Gasteiger partial charge in [0.25, 0.3) is 0 Å². The summed E-state index contributed by atoms with van der Waals surface area (Å²) < 4.78 is 0. The second-order valence-electron chi connectivity index (χ2n) is 4.34. The lowest BCUT2D eigenvalue weighted by molar-refractivity contribution is 1.02. The quantitative estimate of drug-likeness (QED) is 0.797. The number of halogens is 1. The number of hydrogen-bond donors (Lipinski definition) is 2. The highest BCUT2D eigenvalue weighted by molar-refractivity contribution is 6.30. The van der Waals surface area contributed by atoms with E-state index < -0.39 is 0 Å². The van der Waals surface area contributed by atoms with Gasteiger partial charge in [0.1, 0.15) is 17.5 Å². The van der Waals surface area contributed by atoms with Crippen LogP contribution in [0.4, 0.5) is 11.6 Å². The first-order chi connectivity index (χ1) is 9.67. The Kier molecular flexibility index (Phi) is 4.96. The fraction of sp³-hybridized carbons (Fsp3) is 0.200. The summed E-state index contributed by atoms with van der Waals surface area (Å²) in [4.78, 5) is 8.67. The van der Waals surface area contributed by atoms with Gasteiger partial charge < -0.3 is 10.6 Å². The van der Waals surface area contributed by atoms with Crippen LogP contribution < -0.4 is 10.6 Å². The van der Waals surface area contributed by atoms with Gasteiger partial charge in [-0.15, -0.1) is 6.58 Å². The lowest BCUT2D eigenvalue weighted by atomic mass is 10.2. The molecule has 0 saturated carbocycles. The molecule has 5 heteroatoms. The van der Waals surface area contributed by atoms with Crippen LogP contribution in [0.25, 0.3) is 0 Å². The maximum absolute atomic E-state index is 5.86. The molecule has 0 unspecified atom stereocenters. The van der Waals surface area contributed by atoms with Gasteiger partial charge in [0.2, 0.25) is 0 Å². The molecule has 0 fully saturated rings. The van der Waals surface area contributed by atoms with E-state index in [1.54, 1.807) is 6.08 Å². The van der Waals surface area contributed by atoms with E-state index in [1.165, 1.54) is 0 Å². The Morgan fingerprint density at radius 3 is 2.45 bits per heavy atom. The van der Waals surface area contributed by atoms with Crippen molar-refractivity contribution in [3.63, 3.8) is 0 Å². The highest BCUT2D eigenvalue weighted by Crippen LogP contribution is 2.14. The zero-order valence-corrected chi connectivity index (χ0v) is 12.1. The predicted octanol–water partition coefficient (Wildman–Crippen LogP) is 3.65. The number of nitrogens with one attached hydrogen (secondary N) is 2. The van der Waals surface area contributed by atoms with Gasteiger partial charge in [0.15, 0.2) is 0 Å². The van der Waals surface area contributed by atoms with Crippen LogP contribution in [0.2, 0.25) is 5.02 Å². The number of nitrogens with zero attached hydrogens (tertiary/aromatic N) is 2. The summed E-state index contributed by atoms with van der Waals surface area (Å²) in [5, 5.41) is 7.17. The van der Waals surface area contributed by atoms with Gasteiger partial charge >= 0.3 is 0 Å². The minimum Gasteiger partial charge on any atom is -0.366 e. The second kappa shape index (κ2) is 6.91. The summed E-state index contributed by atoms with van der Waals surface area (Å²) in [5.41, 5.74) is 1.14. The van der Waals surface area contributed by atoms with Crippen molar-refractivity contribution in [2.75, 3.05) is 17.2 Å². The first-order valence-corrected chi connectivity index (χ1v) is 6.74. The van der Waals surface area contributed by atoms with Crippen LogP contribution in [0.5, 0.6) is 0 Å². The third-order valence-electron chi connectivity index (χ3n) is 2.65. The van der Waals surface area contributed by atoms with Crippen LogP contribution in [0.1, 0.15) is 11.4 Å². The van der Waals surface area contributed by atoms with E-state index in [-0.39, 0.29) is 0 Å². The largest absolute Gasteiger partial charge is 0.366 e. The fourth-order valence-corrected chi connectivity index (χ4v) is 1.85. The van der Waals surface area contributed by atoms with Crippen molar-refractivity contribution in [1.29, 1.82) is 0 Å². The zero-order chi connectivity index (χ0) is 14.4. The van der Waals surface area contributed by atoms with Crippen LogP contribution in [0.3, 0.4) is 0 Å². The first-order valence-electron chi connectivity index (χ1n) is 6.36. The molecule has 2 rings (SSSR count). The van der Waals surface area contributed by atoms with E-state index in [0.29, 0.717) is 13.1 Å². The average Bonchev–Trinajstić information content (AvgIpc) is 2.44. The van der Waals surface area contributed by atoms with Gasteiger partial charge in [-0.25, -0.2) is 9.97 Å². The molecule has 1 aromatic carbocycles. The Morgan fingerprint density at radius 1 is 1.15 bits per heavy atom. The molecule has 104 valence electrons. The summed E-state index contributed by atoms with van der Waals surface area (Å²) in [5.74, 6) is 2.30. The summed E-state index contributed by atoms with van der Waals surface area (Å²) in [6.45, 7) is 6.90. The molecule has 0 aliphatic rings. The van der Waals surface area contributed by atoms with Crippen molar-refractivity contribution in [3.8, 4) is 0 Å². The SMILES string of the molecule is C=CCNc1cc(NCc2ccc(Cl)cc2)nc(C)n1. The molecule has 4 nitrogen and oxygen atoms in total. The molecule has 0 saturated heterocycles.